The van der Waals surface area contributed by atoms with E-state index in [0.717, 1.165) is 5.56 Å². The van der Waals surface area contributed by atoms with Crippen LogP contribution < -0.4 is 5.32 Å². The van der Waals surface area contributed by atoms with Crippen molar-refractivity contribution >= 4 is 23.2 Å². The number of anilines is 1. The molecule has 1 amide bonds. The summed E-state index contributed by atoms with van der Waals surface area (Å²) in [6.45, 7) is 1.43. The molecule has 0 fully saturated rings. The first-order valence-corrected chi connectivity index (χ1v) is 7.05. The molecule has 0 aliphatic carbocycles. The first kappa shape index (κ1) is 18.0. The van der Waals surface area contributed by atoms with Crippen LogP contribution in [-0.4, -0.2) is 47.3 Å². The van der Waals surface area contributed by atoms with E-state index in [2.05, 4.69) is 5.32 Å². The van der Waals surface area contributed by atoms with E-state index in [-0.39, 0.29) is 31.9 Å². The van der Waals surface area contributed by atoms with Crippen molar-refractivity contribution in [3.8, 4) is 6.07 Å². The SMILES string of the molecule is Cc1c(Cl)cccc1N/C=C(/C#N)C(=O)N(CCO)CCO. The Kier molecular flexibility index (Phi) is 7.40. The average Bonchev–Trinajstić information content (AvgIpc) is 2.51. The van der Waals surface area contributed by atoms with Crippen molar-refractivity contribution in [3.63, 3.8) is 0 Å². The summed E-state index contributed by atoms with van der Waals surface area (Å²) in [7, 11) is 0. The fourth-order valence-electron chi connectivity index (χ4n) is 1.78. The number of nitrogens with zero attached hydrogens (tertiary/aromatic N) is 2. The predicted octanol–water partition coefficient (Wildman–Crippen LogP) is 1.28. The average molecular weight is 324 g/mol. The first-order valence-electron chi connectivity index (χ1n) is 6.68. The van der Waals surface area contributed by atoms with Gasteiger partial charge < -0.3 is 20.4 Å². The third kappa shape index (κ3) is 4.74. The van der Waals surface area contributed by atoms with Gasteiger partial charge in [0.1, 0.15) is 11.6 Å². The molecule has 0 bridgehead atoms. The number of hydrogen-bond acceptors (Lipinski definition) is 5. The van der Waals surface area contributed by atoms with Gasteiger partial charge in [-0.3, -0.25) is 4.79 Å². The molecule has 0 aliphatic rings. The molecule has 1 aromatic carbocycles. The van der Waals surface area contributed by atoms with Gasteiger partial charge >= 0.3 is 0 Å². The number of carbonyl (C=O) groups is 1. The van der Waals surface area contributed by atoms with Gasteiger partial charge in [0.15, 0.2) is 0 Å². The monoisotopic (exact) mass is 323 g/mol. The smallest absolute Gasteiger partial charge is 0.266 e. The molecular weight excluding hydrogens is 306 g/mol. The van der Waals surface area contributed by atoms with Gasteiger partial charge in [0.05, 0.1) is 13.2 Å². The van der Waals surface area contributed by atoms with E-state index in [1.807, 2.05) is 13.0 Å². The van der Waals surface area contributed by atoms with Gasteiger partial charge in [-0.25, -0.2) is 0 Å². The number of rotatable bonds is 7. The summed E-state index contributed by atoms with van der Waals surface area (Å²) >= 11 is 6.00. The Hall–Kier alpha value is -2.07. The molecule has 118 valence electrons. The number of hydrogen-bond donors (Lipinski definition) is 3. The highest BCUT2D eigenvalue weighted by Crippen LogP contribution is 2.23. The van der Waals surface area contributed by atoms with Crippen molar-refractivity contribution in [3.05, 3.63) is 40.6 Å². The zero-order valence-corrected chi connectivity index (χ0v) is 13.0. The Morgan fingerprint density at radius 3 is 2.59 bits per heavy atom. The largest absolute Gasteiger partial charge is 0.395 e. The maximum atomic E-state index is 12.2. The minimum atomic E-state index is -0.558. The summed E-state index contributed by atoms with van der Waals surface area (Å²) in [4.78, 5) is 13.4. The van der Waals surface area contributed by atoms with Gasteiger partial charge in [0.2, 0.25) is 0 Å². The van der Waals surface area contributed by atoms with E-state index in [9.17, 15) is 4.79 Å². The molecule has 0 spiro atoms. The highest BCUT2D eigenvalue weighted by molar-refractivity contribution is 6.31. The van der Waals surface area contributed by atoms with Crippen LogP contribution >= 0.6 is 11.6 Å². The van der Waals surface area contributed by atoms with Gasteiger partial charge in [-0.15, -0.1) is 0 Å². The Balaban J connectivity index is 2.92. The Morgan fingerprint density at radius 1 is 1.41 bits per heavy atom. The number of nitrogens with one attached hydrogen (secondary N) is 1. The van der Waals surface area contributed by atoms with E-state index in [1.54, 1.807) is 18.2 Å². The normalized spacial score (nSPS) is 11.0. The molecule has 1 aromatic rings. The maximum absolute atomic E-state index is 12.2. The molecule has 0 aliphatic heterocycles. The topological polar surface area (TPSA) is 96.6 Å². The molecule has 0 aromatic heterocycles. The minimum Gasteiger partial charge on any atom is -0.395 e. The van der Waals surface area contributed by atoms with Crippen LogP contribution in [0.3, 0.4) is 0 Å². The summed E-state index contributed by atoms with van der Waals surface area (Å²) in [5.41, 5.74) is 1.36. The van der Waals surface area contributed by atoms with Crippen molar-refractivity contribution in [2.45, 2.75) is 6.92 Å². The number of aliphatic hydroxyl groups is 2. The molecule has 0 heterocycles. The molecule has 1 rings (SSSR count). The lowest BCUT2D eigenvalue weighted by Gasteiger charge is -2.20. The molecule has 7 heteroatoms. The lowest BCUT2D eigenvalue weighted by atomic mass is 10.2. The summed E-state index contributed by atoms with van der Waals surface area (Å²) in [6, 6.07) is 7.08. The van der Waals surface area contributed by atoms with Crippen LogP contribution in [0.25, 0.3) is 0 Å². The van der Waals surface area contributed by atoms with Crippen LogP contribution in [0.1, 0.15) is 5.56 Å². The third-order valence-electron chi connectivity index (χ3n) is 3.02. The van der Waals surface area contributed by atoms with Gasteiger partial charge in [-0.1, -0.05) is 17.7 Å². The third-order valence-corrected chi connectivity index (χ3v) is 3.43. The Morgan fingerprint density at radius 2 is 2.05 bits per heavy atom. The number of nitriles is 1. The van der Waals surface area contributed by atoms with E-state index in [1.165, 1.54) is 11.1 Å². The van der Waals surface area contributed by atoms with Gasteiger partial charge in [0, 0.05) is 30.0 Å². The molecule has 22 heavy (non-hydrogen) atoms. The van der Waals surface area contributed by atoms with Crippen molar-refractivity contribution in [1.29, 1.82) is 5.26 Å². The predicted molar refractivity (Wildman–Crippen MR) is 84.3 cm³/mol. The molecule has 0 unspecified atom stereocenters. The van der Waals surface area contributed by atoms with Gasteiger partial charge in [0.25, 0.3) is 5.91 Å². The lowest BCUT2D eigenvalue weighted by Crippen LogP contribution is -2.36. The van der Waals surface area contributed by atoms with E-state index in [4.69, 9.17) is 27.1 Å². The van der Waals surface area contributed by atoms with Crippen LogP contribution in [0.15, 0.2) is 30.0 Å². The van der Waals surface area contributed by atoms with Crippen LogP contribution in [0.2, 0.25) is 5.02 Å². The molecule has 6 nitrogen and oxygen atoms in total. The molecule has 3 N–H and O–H groups in total. The molecule has 0 saturated heterocycles. The second kappa shape index (κ2) is 9.05. The molecule has 0 atom stereocenters. The quantitative estimate of drug-likeness (QED) is 0.519. The van der Waals surface area contributed by atoms with Crippen LogP contribution in [0.4, 0.5) is 5.69 Å². The van der Waals surface area contributed by atoms with Crippen molar-refractivity contribution < 1.29 is 15.0 Å². The van der Waals surface area contributed by atoms with Crippen molar-refractivity contribution in [2.24, 2.45) is 0 Å². The molecule has 0 saturated carbocycles. The number of amides is 1. The fraction of sp³-hybridized carbons (Fsp3) is 0.333. The van der Waals surface area contributed by atoms with Gasteiger partial charge in [-0.05, 0) is 24.6 Å². The number of halogens is 1. The zero-order valence-electron chi connectivity index (χ0n) is 12.2. The second-order valence-electron chi connectivity index (χ2n) is 4.47. The summed E-state index contributed by atoms with van der Waals surface area (Å²) in [6.07, 6.45) is 1.29. The second-order valence-corrected chi connectivity index (χ2v) is 4.87. The molecular formula is C15H18ClN3O3. The highest BCUT2D eigenvalue weighted by Gasteiger charge is 2.17. The number of benzene rings is 1. The summed E-state index contributed by atoms with van der Waals surface area (Å²) in [5.74, 6) is -0.558. The zero-order chi connectivity index (χ0) is 16.5. The van der Waals surface area contributed by atoms with Crippen LogP contribution in [0, 0.1) is 18.3 Å². The molecule has 0 radical (unpaired) electrons. The van der Waals surface area contributed by atoms with Crippen LogP contribution in [-0.2, 0) is 4.79 Å². The first-order chi connectivity index (χ1) is 10.5. The summed E-state index contributed by atoms with van der Waals surface area (Å²) < 4.78 is 0. The summed E-state index contributed by atoms with van der Waals surface area (Å²) in [5, 5.41) is 30.5. The standard InChI is InChI=1S/C15H18ClN3O3/c1-11-13(16)3-2-4-14(11)18-10-12(9-17)15(22)19(5-7-20)6-8-21/h2-4,10,18,20-21H,5-8H2,1H3/b12-10-. The van der Waals surface area contributed by atoms with Crippen LogP contribution in [0.5, 0.6) is 0 Å². The maximum Gasteiger partial charge on any atom is 0.266 e. The number of carbonyl (C=O) groups excluding carboxylic acids is 1. The van der Waals surface area contributed by atoms with E-state index >= 15 is 0 Å². The van der Waals surface area contributed by atoms with Gasteiger partial charge in [-0.2, -0.15) is 5.26 Å². The Bertz CT molecular complexity index is 590. The number of aliphatic hydroxyl groups excluding tert-OH is 2. The minimum absolute atomic E-state index is 0.0502. The lowest BCUT2D eigenvalue weighted by molar-refractivity contribution is -0.127. The Labute approximate surface area is 134 Å². The van der Waals surface area contributed by atoms with Crippen molar-refractivity contribution in [2.75, 3.05) is 31.6 Å². The highest BCUT2D eigenvalue weighted by atomic mass is 35.5. The van der Waals surface area contributed by atoms with Crippen molar-refractivity contribution in [1.82, 2.24) is 4.90 Å². The van der Waals surface area contributed by atoms with E-state index in [0.29, 0.717) is 10.7 Å². The fourth-order valence-corrected chi connectivity index (χ4v) is 1.96. The van der Waals surface area contributed by atoms with E-state index < -0.39 is 5.91 Å².